The fraction of sp³-hybridized carbons (Fsp3) is 1.00. The number of unbranched alkanes of at least 4 members (excludes halogenated alkanes) is 7. The molecule has 24 heavy (non-hydrogen) atoms. The summed E-state index contributed by atoms with van der Waals surface area (Å²) in [6.07, 6.45) is 15.7. The van der Waals surface area contributed by atoms with Gasteiger partial charge in [0.15, 0.2) is 6.29 Å². The Morgan fingerprint density at radius 1 is 1.00 bits per heavy atom. The highest BCUT2D eigenvalue weighted by Gasteiger charge is 2.13. The zero-order valence-electron chi connectivity index (χ0n) is 15.5. The zero-order valence-corrected chi connectivity index (χ0v) is 15.5. The van der Waals surface area contributed by atoms with E-state index in [1.165, 1.54) is 57.8 Å². The normalized spacial score (nSPS) is 19.3. The molecule has 2 atom stereocenters. The minimum atomic E-state index is 0.0667. The van der Waals surface area contributed by atoms with Gasteiger partial charge in [-0.05, 0) is 38.5 Å². The second-order valence-electron chi connectivity index (χ2n) is 6.78. The third-order valence-corrected chi connectivity index (χ3v) is 4.74. The molecule has 0 bridgehead atoms. The summed E-state index contributed by atoms with van der Waals surface area (Å²) in [5.41, 5.74) is 0. The molecule has 0 spiro atoms. The third kappa shape index (κ3) is 11.9. The van der Waals surface area contributed by atoms with Gasteiger partial charge in [-0.1, -0.05) is 50.1 Å². The Morgan fingerprint density at radius 2 is 1.71 bits per heavy atom. The lowest BCUT2D eigenvalue weighted by Crippen LogP contribution is -2.22. The van der Waals surface area contributed by atoms with Crippen LogP contribution >= 0.6 is 0 Å². The number of nitrogens with zero attached hydrogens (tertiary/aromatic N) is 1. The molecular weight excluding hydrogens is 306 g/mol. The van der Waals surface area contributed by atoms with E-state index in [1.54, 1.807) is 7.11 Å². The van der Waals surface area contributed by atoms with E-state index in [0.717, 1.165) is 38.9 Å². The molecule has 142 valence electrons. The van der Waals surface area contributed by atoms with Gasteiger partial charge in [0.2, 0.25) is 0 Å². The Balaban J connectivity index is 1.77. The molecule has 0 N–H and O–H groups in total. The largest absolute Gasteiger partial charge is 0.381 e. The standard InChI is InChI=1S/C19H37NO4/c1-22-18(14-15-20-21)12-8-6-4-2-3-5-7-10-16-23-19-13-9-11-17-24-19/h18-19H,2-17H2,1H3. The summed E-state index contributed by atoms with van der Waals surface area (Å²) >= 11 is 0. The molecule has 2 unspecified atom stereocenters. The molecule has 1 heterocycles. The number of ether oxygens (including phenoxy) is 3. The fourth-order valence-corrected chi connectivity index (χ4v) is 3.17. The first-order valence-corrected chi connectivity index (χ1v) is 9.92. The van der Waals surface area contributed by atoms with Crippen LogP contribution in [0.5, 0.6) is 0 Å². The van der Waals surface area contributed by atoms with Crippen molar-refractivity contribution in [3.05, 3.63) is 4.91 Å². The lowest BCUT2D eigenvalue weighted by Gasteiger charge is -2.22. The lowest BCUT2D eigenvalue weighted by molar-refractivity contribution is -0.162. The Morgan fingerprint density at radius 3 is 2.33 bits per heavy atom. The molecule has 0 saturated carbocycles. The lowest BCUT2D eigenvalue weighted by atomic mass is 10.0. The molecule has 0 aliphatic carbocycles. The Labute approximate surface area is 147 Å². The molecule has 0 radical (unpaired) electrons. The van der Waals surface area contributed by atoms with Crippen molar-refractivity contribution in [2.24, 2.45) is 5.18 Å². The smallest absolute Gasteiger partial charge is 0.157 e. The zero-order chi connectivity index (χ0) is 17.3. The molecule has 1 aliphatic heterocycles. The highest BCUT2D eigenvalue weighted by molar-refractivity contribution is 4.60. The summed E-state index contributed by atoms with van der Waals surface area (Å²) in [6.45, 7) is 2.08. The monoisotopic (exact) mass is 343 g/mol. The van der Waals surface area contributed by atoms with E-state index < -0.39 is 0 Å². The van der Waals surface area contributed by atoms with E-state index in [2.05, 4.69) is 5.18 Å². The van der Waals surface area contributed by atoms with Gasteiger partial charge in [-0.2, -0.15) is 4.91 Å². The molecule has 0 aromatic carbocycles. The van der Waals surface area contributed by atoms with Crippen molar-refractivity contribution in [3.8, 4) is 0 Å². The van der Waals surface area contributed by atoms with Crippen LogP contribution in [0.2, 0.25) is 0 Å². The number of methoxy groups -OCH3 is 1. The maximum Gasteiger partial charge on any atom is 0.157 e. The van der Waals surface area contributed by atoms with Gasteiger partial charge in [0.25, 0.3) is 0 Å². The average molecular weight is 344 g/mol. The van der Waals surface area contributed by atoms with Crippen LogP contribution in [-0.2, 0) is 14.2 Å². The highest BCUT2D eigenvalue weighted by atomic mass is 16.7. The van der Waals surface area contributed by atoms with Gasteiger partial charge in [0.1, 0.15) is 0 Å². The van der Waals surface area contributed by atoms with Crippen molar-refractivity contribution in [1.29, 1.82) is 0 Å². The van der Waals surface area contributed by atoms with Crippen LogP contribution < -0.4 is 0 Å². The number of rotatable bonds is 16. The first-order valence-electron chi connectivity index (χ1n) is 9.92. The second kappa shape index (κ2) is 16.0. The topological polar surface area (TPSA) is 57.1 Å². The molecule has 1 fully saturated rings. The predicted molar refractivity (Wildman–Crippen MR) is 97.2 cm³/mol. The van der Waals surface area contributed by atoms with Gasteiger partial charge in [0, 0.05) is 20.3 Å². The Kier molecular flexibility index (Phi) is 14.3. The van der Waals surface area contributed by atoms with E-state index in [9.17, 15) is 4.91 Å². The summed E-state index contributed by atoms with van der Waals surface area (Å²) in [5.74, 6) is 0. The average Bonchev–Trinajstić information content (AvgIpc) is 2.63. The van der Waals surface area contributed by atoms with Crippen LogP contribution in [0.1, 0.15) is 83.5 Å². The Hall–Kier alpha value is -0.520. The predicted octanol–water partition coefficient (Wildman–Crippen LogP) is 5.21. The maximum atomic E-state index is 10.1. The van der Waals surface area contributed by atoms with E-state index in [1.807, 2.05) is 0 Å². The van der Waals surface area contributed by atoms with Crippen LogP contribution in [0.15, 0.2) is 5.18 Å². The van der Waals surface area contributed by atoms with Crippen molar-refractivity contribution in [1.82, 2.24) is 0 Å². The van der Waals surface area contributed by atoms with Crippen LogP contribution in [0, 0.1) is 4.91 Å². The summed E-state index contributed by atoms with van der Waals surface area (Å²) in [4.78, 5) is 10.1. The van der Waals surface area contributed by atoms with Gasteiger partial charge in [-0.15, -0.1) is 0 Å². The molecule has 1 aliphatic rings. The number of hydrogen-bond acceptors (Lipinski definition) is 5. The van der Waals surface area contributed by atoms with Crippen LogP contribution in [0.4, 0.5) is 0 Å². The molecule has 1 saturated heterocycles. The van der Waals surface area contributed by atoms with Crippen molar-refractivity contribution in [2.45, 2.75) is 95.9 Å². The van der Waals surface area contributed by atoms with Gasteiger partial charge < -0.3 is 14.2 Å². The minimum Gasteiger partial charge on any atom is -0.381 e. The van der Waals surface area contributed by atoms with Gasteiger partial charge in [0.05, 0.1) is 12.6 Å². The van der Waals surface area contributed by atoms with Crippen LogP contribution in [0.25, 0.3) is 0 Å². The summed E-state index contributed by atoms with van der Waals surface area (Å²) < 4.78 is 16.7. The van der Waals surface area contributed by atoms with E-state index in [-0.39, 0.29) is 12.4 Å². The molecule has 5 heteroatoms. The molecule has 0 amide bonds. The van der Waals surface area contributed by atoms with Gasteiger partial charge >= 0.3 is 0 Å². The fourth-order valence-electron chi connectivity index (χ4n) is 3.17. The van der Waals surface area contributed by atoms with E-state index >= 15 is 0 Å². The summed E-state index contributed by atoms with van der Waals surface area (Å²) in [6, 6.07) is 0. The third-order valence-electron chi connectivity index (χ3n) is 4.74. The maximum absolute atomic E-state index is 10.1. The van der Waals surface area contributed by atoms with Crippen LogP contribution in [0.3, 0.4) is 0 Å². The molecular formula is C19H37NO4. The van der Waals surface area contributed by atoms with Crippen molar-refractivity contribution >= 4 is 0 Å². The molecule has 5 nitrogen and oxygen atoms in total. The quantitative estimate of drug-likeness (QED) is 0.285. The molecule has 1 rings (SSSR count). The van der Waals surface area contributed by atoms with Gasteiger partial charge in [-0.3, -0.25) is 0 Å². The highest BCUT2D eigenvalue weighted by Crippen LogP contribution is 2.15. The van der Waals surface area contributed by atoms with E-state index in [4.69, 9.17) is 14.2 Å². The van der Waals surface area contributed by atoms with Crippen molar-refractivity contribution in [3.63, 3.8) is 0 Å². The van der Waals surface area contributed by atoms with Crippen LogP contribution in [-0.4, -0.2) is 39.3 Å². The summed E-state index contributed by atoms with van der Waals surface area (Å²) in [7, 11) is 1.72. The first kappa shape index (κ1) is 21.5. The number of hydrogen-bond donors (Lipinski definition) is 0. The summed E-state index contributed by atoms with van der Waals surface area (Å²) in [5, 5.41) is 2.90. The SMILES string of the molecule is COC(CCCCCCCCCCOC1CCCCO1)CCN=O. The van der Waals surface area contributed by atoms with E-state index in [0.29, 0.717) is 6.54 Å². The van der Waals surface area contributed by atoms with Crippen molar-refractivity contribution in [2.75, 3.05) is 26.9 Å². The Bertz CT molecular complexity index is 283. The minimum absolute atomic E-state index is 0.0667. The molecule has 0 aromatic heterocycles. The number of nitroso groups, excluding NO2 is 1. The van der Waals surface area contributed by atoms with Crippen molar-refractivity contribution < 1.29 is 14.2 Å². The van der Waals surface area contributed by atoms with Gasteiger partial charge in [-0.25, -0.2) is 0 Å². The first-order chi connectivity index (χ1) is 11.9. The molecule has 0 aromatic rings. The second-order valence-corrected chi connectivity index (χ2v) is 6.78.